The lowest BCUT2D eigenvalue weighted by atomic mass is 10.0. The van der Waals surface area contributed by atoms with Gasteiger partial charge in [-0.05, 0) is 25.2 Å². The van der Waals surface area contributed by atoms with E-state index in [1.165, 1.54) is 4.90 Å². The van der Waals surface area contributed by atoms with Crippen molar-refractivity contribution in [3.63, 3.8) is 0 Å². The number of carboxylic acid groups (broad SMARTS) is 2. The van der Waals surface area contributed by atoms with Crippen LogP contribution in [0.25, 0.3) is 0 Å². The third-order valence-corrected chi connectivity index (χ3v) is 5.09. The third-order valence-electron chi connectivity index (χ3n) is 5.09. The Labute approximate surface area is 184 Å². The van der Waals surface area contributed by atoms with Gasteiger partial charge in [-0.25, -0.2) is 4.79 Å². The van der Waals surface area contributed by atoms with Crippen molar-refractivity contribution in [1.82, 2.24) is 15.5 Å². The Balaban J connectivity index is 2.91. The summed E-state index contributed by atoms with van der Waals surface area (Å²) in [5, 5.41) is 22.8. The first-order chi connectivity index (χ1) is 14.8. The Hall–Kier alpha value is -3.22. The van der Waals surface area contributed by atoms with E-state index in [2.05, 4.69) is 10.6 Å². The molecule has 0 bridgehead atoms. The Morgan fingerprint density at radius 1 is 1.09 bits per heavy atom. The van der Waals surface area contributed by atoms with Crippen LogP contribution in [0.15, 0.2) is 0 Å². The largest absolute Gasteiger partial charge is 0.481 e. The molecule has 0 saturated carbocycles. The molecule has 4 unspecified atom stereocenters. The summed E-state index contributed by atoms with van der Waals surface area (Å²) in [5.74, 6) is -5.73. The summed E-state index contributed by atoms with van der Waals surface area (Å²) in [6, 6.07) is -4.64. The first-order valence-electron chi connectivity index (χ1n) is 10.2. The van der Waals surface area contributed by atoms with Gasteiger partial charge in [0, 0.05) is 13.0 Å². The predicted molar refractivity (Wildman–Crippen MR) is 110 cm³/mol. The summed E-state index contributed by atoms with van der Waals surface area (Å²) >= 11 is 0. The molecule has 180 valence electrons. The van der Waals surface area contributed by atoms with Gasteiger partial charge in [-0.1, -0.05) is 13.8 Å². The summed E-state index contributed by atoms with van der Waals surface area (Å²) in [5.41, 5.74) is 10.7. The minimum atomic E-state index is -1.41. The van der Waals surface area contributed by atoms with Crippen LogP contribution in [-0.2, 0) is 28.8 Å². The van der Waals surface area contributed by atoms with Crippen LogP contribution in [0.3, 0.4) is 0 Å². The van der Waals surface area contributed by atoms with Crippen molar-refractivity contribution in [2.75, 3.05) is 6.54 Å². The van der Waals surface area contributed by atoms with Crippen LogP contribution < -0.4 is 22.1 Å². The van der Waals surface area contributed by atoms with Gasteiger partial charge in [-0.2, -0.15) is 0 Å². The number of rotatable bonds is 12. The molecule has 4 amide bonds. The summed E-state index contributed by atoms with van der Waals surface area (Å²) < 4.78 is 0. The van der Waals surface area contributed by atoms with E-state index in [1.807, 2.05) is 0 Å². The maximum absolute atomic E-state index is 13.1. The summed E-state index contributed by atoms with van der Waals surface area (Å²) in [4.78, 5) is 72.4. The van der Waals surface area contributed by atoms with Gasteiger partial charge in [0.1, 0.15) is 18.1 Å². The number of aliphatic carboxylic acids is 2. The van der Waals surface area contributed by atoms with Gasteiger partial charge in [0.15, 0.2) is 0 Å². The van der Waals surface area contributed by atoms with Crippen LogP contribution in [0, 0.1) is 5.92 Å². The molecule has 13 nitrogen and oxygen atoms in total. The fraction of sp³-hybridized carbons (Fsp3) is 0.684. The molecule has 1 aliphatic rings. The topological polar surface area (TPSA) is 222 Å². The average molecular weight is 457 g/mol. The standard InChI is InChI=1S/C19H31N5O8/c1-9(2)15(23-16(28)10(20)8-13(21)25)18(30)24-7-3-4-12(24)17(29)22-11(19(31)32)5-6-14(26)27/h9-12,15H,3-8,20H2,1-2H3,(H2,21,25)(H,22,29)(H,23,28)(H,26,27)(H,31,32). The van der Waals surface area contributed by atoms with Gasteiger partial charge in [-0.3, -0.25) is 24.0 Å². The van der Waals surface area contributed by atoms with E-state index in [-0.39, 0.29) is 25.3 Å². The molecule has 4 atom stereocenters. The number of nitrogens with one attached hydrogen (secondary N) is 2. The number of likely N-dealkylation sites (tertiary alicyclic amines) is 1. The number of amides is 4. The highest BCUT2D eigenvalue weighted by molar-refractivity contribution is 5.95. The summed E-state index contributed by atoms with van der Waals surface area (Å²) in [6.07, 6.45) is -0.386. The smallest absolute Gasteiger partial charge is 0.326 e. The van der Waals surface area contributed by atoms with Gasteiger partial charge in [0.2, 0.25) is 23.6 Å². The van der Waals surface area contributed by atoms with Crippen LogP contribution in [0.5, 0.6) is 0 Å². The zero-order chi connectivity index (χ0) is 24.6. The molecule has 0 radical (unpaired) electrons. The molecule has 13 heteroatoms. The number of carboxylic acids is 2. The van der Waals surface area contributed by atoms with Gasteiger partial charge < -0.3 is 37.2 Å². The molecule has 32 heavy (non-hydrogen) atoms. The highest BCUT2D eigenvalue weighted by Gasteiger charge is 2.40. The molecule has 1 fully saturated rings. The normalized spacial score (nSPS) is 18.5. The first kappa shape index (κ1) is 26.8. The van der Waals surface area contributed by atoms with Crippen molar-refractivity contribution in [2.24, 2.45) is 17.4 Å². The fourth-order valence-electron chi connectivity index (χ4n) is 3.36. The van der Waals surface area contributed by atoms with Crippen molar-refractivity contribution >= 4 is 35.6 Å². The van der Waals surface area contributed by atoms with Gasteiger partial charge in [0.05, 0.1) is 12.5 Å². The Morgan fingerprint density at radius 2 is 1.72 bits per heavy atom. The molecule has 0 aliphatic carbocycles. The van der Waals surface area contributed by atoms with E-state index < -0.39 is 72.6 Å². The molecule has 1 rings (SSSR count). The first-order valence-corrected chi connectivity index (χ1v) is 10.2. The van der Waals surface area contributed by atoms with E-state index in [0.717, 1.165) is 0 Å². The predicted octanol–water partition coefficient (Wildman–Crippen LogP) is -2.24. The highest BCUT2D eigenvalue weighted by Crippen LogP contribution is 2.21. The van der Waals surface area contributed by atoms with Crippen molar-refractivity contribution < 1.29 is 39.0 Å². The van der Waals surface area contributed by atoms with Gasteiger partial charge in [0.25, 0.3) is 0 Å². The molecule has 1 saturated heterocycles. The van der Waals surface area contributed by atoms with Crippen molar-refractivity contribution in [1.29, 1.82) is 0 Å². The maximum atomic E-state index is 13.1. The minimum absolute atomic E-state index is 0.218. The lowest BCUT2D eigenvalue weighted by Gasteiger charge is -2.31. The quantitative estimate of drug-likeness (QED) is 0.186. The number of nitrogens with zero attached hydrogens (tertiary/aromatic N) is 1. The summed E-state index contributed by atoms with van der Waals surface area (Å²) in [6.45, 7) is 3.58. The van der Waals surface area contributed by atoms with E-state index in [9.17, 15) is 33.9 Å². The van der Waals surface area contributed by atoms with Gasteiger partial charge in [-0.15, -0.1) is 0 Å². The lowest BCUT2D eigenvalue weighted by molar-refractivity contribution is -0.145. The van der Waals surface area contributed by atoms with Crippen molar-refractivity contribution in [2.45, 2.75) is 70.1 Å². The molecule has 8 N–H and O–H groups in total. The molecule has 0 aromatic heterocycles. The zero-order valence-electron chi connectivity index (χ0n) is 18.1. The molecular weight excluding hydrogens is 426 g/mol. The highest BCUT2D eigenvalue weighted by atomic mass is 16.4. The second-order valence-electron chi connectivity index (χ2n) is 8.03. The monoisotopic (exact) mass is 457 g/mol. The molecule has 0 aromatic rings. The van der Waals surface area contributed by atoms with Crippen LogP contribution in [-0.4, -0.2) is 81.4 Å². The lowest BCUT2D eigenvalue weighted by Crippen LogP contribution is -2.58. The summed E-state index contributed by atoms with van der Waals surface area (Å²) in [7, 11) is 0. The molecular formula is C19H31N5O8. The Kier molecular flexibility index (Phi) is 10.0. The second-order valence-corrected chi connectivity index (χ2v) is 8.03. The van der Waals surface area contributed by atoms with Crippen LogP contribution in [0.4, 0.5) is 0 Å². The fourth-order valence-corrected chi connectivity index (χ4v) is 3.36. The van der Waals surface area contributed by atoms with Crippen molar-refractivity contribution in [3.8, 4) is 0 Å². The van der Waals surface area contributed by atoms with Gasteiger partial charge >= 0.3 is 11.9 Å². The van der Waals surface area contributed by atoms with E-state index in [1.54, 1.807) is 13.8 Å². The van der Waals surface area contributed by atoms with Crippen LogP contribution in [0.2, 0.25) is 0 Å². The number of hydrogen-bond acceptors (Lipinski definition) is 7. The molecule has 0 aromatic carbocycles. The van der Waals surface area contributed by atoms with E-state index in [4.69, 9.17) is 16.6 Å². The Bertz CT molecular complexity index is 756. The number of hydrogen-bond donors (Lipinski definition) is 6. The third kappa shape index (κ3) is 7.80. The number of carbonyl (C=O) groups excluding carboxylic acids is 4. The van der Waals surface area contributed by atoms with E-state index in [0.29, 0.717) is 6.42 Å². The van der Waals surface area contributed by atoms with Crippen molar-refractivity contribution in [3.05, 3.63) is 0 Å². The minimum Gasteiger partial charge on any atom is -0.481 e. The number of nitrogens with two attached hydrogens (primary N) is 2. The van der Waals surface area contributed by atoms with Crippen LogP contribution >= 0.6 is 0 Å². The molecule has 0 spiro atoms. The number of primary amides is 1. The second kappa shape index (κ2) is 12.0. The van der Waals surface area contributed by atoms with E-state index >= 15 is 0 Å². The maximum Gasteiger partial charge on any atom is 0.326 e. The molecule has 1 heterocycles. The number of carbonyl (C=O) groups is 6. The molecule has 1 aliphatic heterocycles. The SMILES string of the molecule is CC(C)C(NC(=O)C(N)CC(N)=O)C(=O)N1CCCC1C(=O)NC(CCC(=O)O)C(=O)O. The van der Waals surface area contributed by atoms with Crippen LogP contribution in [0.1, 0.15) is 46.0 Å². The Morgan fingerprint density at radius 3 is 2.22 bits per heavy atom. The average Bonchev–Trinajstić information content (AvgIpc) is 3.17. The zero-order valence-corrected chi connectivity index (χ0v) is 18.1.